The molecule has 0 heterocycles. The Balaban J connectivity index is 2.76. The van der Waals surface area contributed by atoms with Gasteiger partial charge in [-0.05, 0) is 19.4 Å². The zero-order chi connectivity index (χ0) is 11.3. The zero-order valence-corrected chi connectivity index (χ0v) is 9.31. The van der Waals surface area contributed by atoms with Gasteiger partial charge in [-0.25, -0.2) is 0 Å². The lowest BCUT2D eigenvalue weighted by atomic mass is 10.1. The predicted octanol–water partition coefficient (Wildman–Crippen LogP) is 1.55. The summed E-state index contributed by atoms with van der Waals surface area (Å²) < 4.78 is 0. The number of benzene rings is 1. The Bertz CT molecular complexity index is 307. The van der Waals surface area contributed by atoms with Crippen LogP contribution >= 0.6 is 0 Å². The number of hydrogen-bond acceptors (Lipinski definition) is 2. The van der Waals surface area contributed by atoms with Crippen LogP contribution in [0.5, 0.6) is 0 Å². The van der Waals surface area contributed by atoms with Crippen molar-refractivity contribution in [1.82, 2.24) is 4.90 Å². The monoisotopic (exact) mass is 206 g/mol. The number of amides is 1. The van der Waals surface area contributed by atoms with E-state index in [0.717, 1.165) is 5.56 Å². The average Bonchev–Trinajstić information content (AvgIpc) is 2.30. The van der Waals surface area contributed by atoms with Crippen LogP contribution in [0.3, 0.4) is 0 Å². The Hall–Kier alpha value is -1.35. The molecule has 1 aromatic rings. The number of carbonyl (C=O) groups is 1. The van der Waals surface area contributed by atoms with Gasteiger partial charge in [-0.1, -0.05) is 30.3 Å². The zero-order valence-electron chi connectivity index (χ0n) is 9.31. The normalized spacial score (nSPS) is 12.2. The van der Waals surface area contributed by atoms with E-state index >= 15 is 0 Å². The van der Waals surface area contributed by atoms with Crippen LogP contribution in [0.15, 0.2) is 30.3 Å². The lowest BCUT2D eigenvalue weighted by Gasteiger charge is -2.22. The fourth-order valence-corrected chi connectivity index (χ4v) is 1.53. The van der Waals surface area contributed by atoms with Gasteiger partial charge in [0.2, 0.25) is 5.91 Å². The Morgan fingerprint density at radius 3 is 2.27 bits per heavy atom. The van der Waals surface area contributed by atoms with Gasteiger partial charge in [0.1, 0.15) is 6.04 Å². The van der Waals surface area contributed by atoms with E-state index in [2.05, 4.69) is 0 Å². The number of hydrogen-bond donors (Lipinski definition) is 1. The van der Waals surface area contributed by atoms with Crippen molar-refractivity contribution in [2.75, 3.05) is 13.1 Å². The molecule has 0 saturated carbocycles. The van der Waals surface area contributed by atoms with Crippen LogP contribution in [0.25, 0.3) is 0 Å². The van der Waals surface area contributed by atoms with Gasteiger partial charge in [0.25, 0.3) is 0 Å². The van der Waals surface area contributed by atoms with Crippen LogP contribution in [0.1, 0.15) is 25.5 Å². The summed E-state index contributed by atoms with van der Waals surface area (Å²) in [5.74, 6) is -0.00815. The minimum Gasteiger partial charge on any atom is -0.342 e. The number of likely N-dealkylation sites (N-methyl/N-ethyl adjacent to an activating group) is 1. The van der Waals surface area contributed by atoms with Crippen molar-refractivity contribution >= 4 is 5.91 Å². The molecule has 1 unspecified atom stereocenters. The maximum atomic E-state index is 11.9. The first-order valence-corrected chi connectivity index (χ1v) is 5.30. The molecule has 1 atom stereocenters. The SMILES string of the molecule is CCN(CC)C(=O)C(N)c1ccccc1. The lowest BCUT2D eigenvalue weighted by molar-refractivity contribution is -0.132. The van der Waals surface area contributed by atoms with Crippen molar-refractivity contribution in [2.45, 2.75) is 19.9 Å². The lowest BCUT2D eigenvalue weighted by Crippen LogP contribution is -2.38. The van der Waals surface area contributed by atoms with Crippen LogP contribution in [-0.2, 0) is 4.79 Å². The summed E-state index contributed by atoms with van der Waals surface area (Å²) in [5.41, 5.74) is 6.77. The van der Waals surface area contributed by atoms with Crippen LogP contribution in [-0.4, -0.2) is 23.9 Å². The number of rotatable bonds is 4. The van der Waals surface area contributed by atoms with E-state index in [-0.39, 0.29) is 5.91 Å². The largest absolute Gasteiger partial charge is 0.342 e. The Labute approximate surface area is 90.9 Å². The number of nitrogens with two attached hydrogens (primary N) is 1. The predicted molar refractivity (Wildman–Crippen MR) is 61.3 cm³/mol. The standard InChI is InChI=1S/C12H18N2O/c1-3-14(4-2)12(15)11(13)10-8-6-5-7-9-10/h5-9,11H,3-4,13H2,1-2H3. The van der Waals surface area contributed by atoms with Crippen molar-refractivity contribution in [1.29, 1.82) is 0 Å². The van der Waals surface area contributed by atoms with E-state index < -0.39 is 6.04 Å². The molecule has 0 aliphatic carbocycles. The van der Waals surface area contributed by atoms with Crippen LogP contribution in [0.2, 0.25) is 0 Å². The molecule has 0 aliphatic rings. The summed E-state index contributed by atoms with van der Waals surface area (Å²) >= 11 is 0. The molecule has 15 heavy (non-hydrogen) atoms. The number of nitrogens with zero attached hydrogens (tertiary/aromatic N) is 1. The Kier molecular flexibility index (Phi) is 4.31. The highest BCUT2D eigenvalue weighted by Gasteiger charge is 2.19. The summed E-state index contributed by atoms with van der Waals surface area (Å²) in [6.45, 7) is 5.32. The molecule has 2 N–H and O–H groups in total. The van der Waals surface area contributed by atoms with Gasteiger partial charge in [-0.2, -0.15) is 0 Å². The second-order valence-electron chi connectivity index (χ2n) is 3.40. The molecule has 82 valence electrons. The first-order chi connectivity index (χ1) is 7.20. The van der Waals surface area contributed by atoms with Gasteiger partial charge in [-0.3, -0.25) is 4.79 Å². The molecule has 1 rings (SSSR count). The van der Waals surface area contributed by atoms with E-state index in [9.17, 15) is 4.79 Å². The third-order valence-electron chi connectivity index (χ3n) is 2.50. The van der Waals surface area contributed by atoms with Crippen LogP contribution < -0.4 is 5.73 Å². The molecule has 0 fully saturated rings. The fraction of sp³-hybridized carbons (Fsp3) is 0.417. The Morgan fingerprint density at radius 1 is 1.27 bits per heavy atom. The highest BCUT2D eigenvalue weighted by Crippen LogP contribution is 2.12. The molecule has 3 nitrogen and oxygen atoms in total. The second kappa shape index (κ2) is 5.51. The third kappa shape index (κ3) is 2.80. The minimum atomic E-state index is -0.536. The second-order valence-corrected chi connectivity index (χ2v) is 3.40. The van der Waals surface area contributed by atoms with Gasteiger partial charge in [0, 0.05) is 13.1 Å². The molecule has 1 aromatic carbocycles. The molecule has 0 spiro atoms. The van der Waals surface area contributed by atoms with Crippen molar-refractivity contribution in [3.63, 3.8) is 0 Å². The molecule has 0 aromatic heterocycles. The molecule has 0 radical (unpaired) electrons. The third-order valence-corrected chi connectivity index (χ3v) is 2.50. The first-order valence-electron chi connectivity index (χ1n) is 5.30. The molecule has 0 bridgehead atoms. The maximum Gasteiger partial charge on any atom is 0.244 e. The van der Waals surface area contributed by atoms with E-state index in [1.807, 2.05) is 44.2 Å². The molecular weight excluding hydrogens is 188 g/mol. The summed E-state index contributed by atoms with van der Waals surface area (Å²) in [6.07, 6.45) is 0. The molecular formula is C12H18N2O. The van der Waals surface area contributed by atoms with E-state index in [0.29, 0.717) is 13.1 Å². The summed E-state index contributed by atoms with van der Waals surface area (Å²) in [6, 6.07) is 8.93. The van der Waals surface area contributed by atoms with E-state index in [1.165, 1.54) is 0 Å². The summed E-state index contributed by atoms with van der Waals surface area (Å²) in [7, 11) is 0. The summed E-state index contributed by atoms with van der Waals surface area (Å²) in [5, 5.41) is 0. The van der Waals surface area contributed by atoms with Crippen molar-refractivity contribution in [2.24, 2.45) is 5.73 Å². The van der Waals surface area contributed by atoms with Gasteiger partial charge < -0.3 is 10.6 Å². The first kappa shape index (κ1) is 11.7. The molecule has 0 aliphatic heterocycles. The van der Waals surface area contributed by atoms with Gasteiger partial charge in [0.15, 0.2) is 0 Å². The average molecular weight is 206 g/mol. The Morgan fingerprint density at radius 2 is 1.80 bits per heavy atom. The van der Waals surface area contributed by atoms with Gasteiger partial charge >= 0.3 is 0 Å². The molecule has 3 heteroatoms. The molecule has 1 amide bonds. The van der Waals surface area contributed by atoms with Gasteiger partial charge in [-0.15, -0.1) is 0 Å². The van der Waals surface area contributed by atoms with E-state index in [4.69, 9.17) is 5.73 Å². The summed E-state index contributed by atoms with van der Waals surface area (Å²) in [4.78, 5) is 13.7. The highest BCUT2D eigenvalue weighted by molar-refractivity contribution is 5.83. The van der Waals surface area contributed by atoms with Crippen LogP contribution in [0, 0.1) is 0 Å². The van der Waals surface area contributed by atoms with Crippen molar-refractivity contribution < 1.29 is 4.79 Å². The highest BCUT2D eigenvalue weighted by atomic mass is 16.2. The van der Waals surface area contributed by atoms with Crippen LogP contribution in [0.4, 0.5) is 0 Å². The minimum absolute atomic E-state index is 0.00815. The quantitative estimate of drug-likeness (QED) is 0.812. The van der Waals surface area contributed by atoms with Crippen molar-refractivity contribution in [3.8, 4) is 0 Å². The number of carbonyl (C=O) groups excluding carboxylic acids is 1. The van der Waals surface area contributed by atoms with Crippen molar-refractivity contribution in [3.05, 3.63) is 35.9 Å². The van der Waals surface area contributed by atoms with Gasteiger partial charge in [0.05, 0.1) is 0 Å². The van der Waals surface area contributed by atoms with E-state index in [1.54, 1.807) is 4.90 Å². The molecule has 0 saturated heterocycles. The maximum absolute atomic E-state index is 11.9. The smallest absolute Gasteiger partial charge is 0.244 e. The topological polar surface area (TPSA) is 46.3 Å². The fourth-order valence-electron chi connectivity index (χ4n) is 1.53.